The Kier molecular flexibility index (Phi) is 4.04. The number of ether oxygens (including phenoxy) is 2. The lowest BCUT2D eigenvalue weighted by atomic mass is 9.84. The summed E-state index contributed by atoms with van der Waals surface area (Å²) in [6, 6.07) is 12.4. The fraction of sp³-hybridized carbons (Fsp3) is 0.318. The van der Waals surface area contributed by atoms with Gasteiger partial charge in [-0.25, -0.2) is 0 Å². The minimum Gasteiger partial charge on any atom is -0.454 e. The van der Waals surface area contributed by atoms with Crippen molar-refractivity contribution >= 4 is 22.6 Å². The van der Waals surface area contributed by atoms with Crippen molar-refractivity contribution in [3.05, 3.63) is 53.9 Å². The van der Waals surface area contributed by atoms with Crippen LogP contribution in [0.1, 0.15) is 18.4 Å². The highest BCUT2D eigenvalue weighted by Crippen LogP contribution is 2.39. The first-order valence-corrected chi connectivity index (χ1v) is 9.47. The Balaban J connectivity index is 1.37. The number of rotatable bonds is 3. The summed E-state index contributed by atoms with van der Waals surface area (Å²) in [7, 11) is 2.20. The summed E-state index contributed by atoms with van der Waals surface area (Å²) >= 11 is 0. The molecule has 0 aromatic heterocycles. The van der Waals surface area contributed by atoms with Crippen LogP contribution in [0.4, 0.5) is 17.1 Å². The van der Waals surface area contributed by atoms with Crippen LogP contribution in [0, 0.1) is 5.92 Å². The summed E-state index contributed by atoms with van der Waals surface area (Å²) in [5, 5.41) is 6.81. The molecule has 1 saturated heterocycles. The van der Waals surface area contributed by atoms with E-state index < -0.39 is 0 Å². The van der Waals surface area contributed by atoms with Gasteiger partial charge in [-0.15, -0.1) is 0 Å². The van der Waals surface area contributed by atoms with Crippen molar-refractivity contribution in [1.29, 1.82) is 0 Å². The van der Waals surface area contributed by atoms with Crippen molar-refractivity contribution in [2.24, 2.45) is 5.92 Å². The lowest BCUT2D eigenvalue weighted by Crippen LogP contribution is -2.30. The number of benzene rings is 2. The highest BCUT2D eigenvalue weighted by atomic mass is 16.7. The van der Waals surface area contributed by atoms with Gasteiger partial charge in [0.15, 0.2) is 11.5 Å². The van der Waals surface area contributed by atoms with Crippen LogP contribution < -0.4 is 20.1 Å². The fourth-order valence-electron chi connectivity index (χ4n) is 4.02. The van der Waals surface area contributed by atoms with Gasteiger partial charge >= 0.3 is 0 Å². The van der Waals surface area contributed by atoms with Gasteiger partial charge in [-0.05, 0) is 69.2 Å². The van der Waals surface area contributed by atoms with Crippen molar-refractivity contribution in [2.75, 3.05) is 37.6 Å². The lowest BCUT2D eigenvalue weighted by Gasteiger charge is -2.31. The molecule has 0 aliphatic carbocycles. The molecule has 0 saturated carbocycles. The van der Waals surface area contributed by atoms with E-state index in [2.05, 4.69) is 46.5 Å². The standard InChI is InChI=1S/C22H23N3O2/c1-25-10-7-15(8-11-25)18-6-9-23-20-12-16(2-4-19(18)20)24-17-3-5-21-22(13-17)27-14-26-21/h2-5,9,12-13,15,23-24H,7-8,10-11,14H2,1H3. The number of anilines is 3. The van der Waals surface area contributed by atoms with Gasteiger partial charge in [0.25, 0.3) is 0 Å². The molecule has 2 aromatic carbocycles. The Bertz CT molecular complexity index is 939. The van der Waals surface area contributed by atoms with E-state index in [1.54, 1.807) is 0 Å². The molecule has 0 spiro atoms. The van der Waals surface area contributed by atoms with Gasteiger partial charge in [-0.2, -0.15) is 0 Å². The van der Waals surface area contributed by atoms with E-state index in [0.717, 1.165) is 41.7 Å². The second kappa shape index (κ2) is 6.69. The number of piperidine rings is 1. The predicted molar refractivity (Wildman–Crippen MR) is 108 cm³/mol. The quantitative estimate of drug-likeness (QED) is 0.793. The zero-order valence-electron chi connectivity index (χ0n) is 15.4. The highest BCUT2D eigenvalue weighted by molar-refractivity contribution is 5.83. The van der Waals surface area contributed by atoms with Crippen LogP contribution >= 0.6 is 0 Å². The normalized spacial score (nSPS) is 18.6. The molecule has 1 fully saturated rings. The van der Waals surface area contributed by atoms with Crippen LogP contribution in [0.3, 0.4) is 0 Å². The van der Waals surface area contributed by atoms with Crippen LogP contribution in [0.15, 0.2) is 48.3 Å². The van der Waals surface area contributed by atoms with Crippen molar-refractivity contribution < 1.29 is 9.47 Å². The summed E-state index contributed by atoms with van der Waals surface area (Å²) < 4.78 is 10.8. The molecule has 0 unspecified atom stereocenters. The Morgan fingerprint density at radius 2 is 1.81 bits per heavy atom. The molecule has 27 heavy (non-hydrogen) atoms. The maximum atomic E-state index is 5.46. The Morgan fingerprint density at radius 1 is 1.04 bits per heavy atom. The van der Waals surface area contributed by atoms with Gasteiger partial charge in [0.2, 0.25) is 6.79 Å². The summed E-state index contributed by atoms with van der Waals surface area (Å²) in [5.41, 5.74) is 9.23. The van der Waals surface area contributed by atoms with E-state index in [0.29, 0.717) is 12.7 Å². The predicted octanol–water partition coefficient (Wildman–Crippen LogP) is 4.42. The molecule has 3 aliphatic heterocycles. The van der Waals surface area contributed by atoms with Gasteiger partial charge in [0.1, 0.15) is 0 Å². The zero-order chi connectivity index (χ0) is 18.2. The summed E-state index contributed by atoms with van der Waals surface area (Å²) in [5.74, 6) is 2.17. The second-order valence-corrected chi connectivity index (χ2v) is 7.38. The molecule has 5 heteroatoms. The van der Waals surface area contributed by atoms with E-state index in [1.165, 1.54) is 24.0 Å². The van der Waals surface area contributed by atoms with Crippen molar-refractivity contribution in [1.82, 2.24) is 4.90 Å². The smallest absolute Gasteiger partial charge is 0.231 e. The van der Waals surface area contributed by atoms with E-state index in [9.17, 15) is 0 Å². The topological polar surface area (TPSA) is 45.8 Å². The maximum absolute atomic E-state index is 5.46. The molecule has 3 aliphatic rings. The number of allylic oxidation sites excluding steroid dienone is 1. The first-order chi connectivity index (χ1) is 13.3. The average molecular weight is 361 g/mol. The van der Waals surface area contributed by atoms with Crippen molar-refractivity contribution in [2.45, 2.75) is 12.8 Å². The molecular formula is C22H23N3O2. The number of hydrogen-bond acceptors (Lipinski definition) is 5. The maximum Gasteiger partial charge on any atom is 0.231 e. The van der Waals surface area contributed by atoms with E-state index >= 15 is 0 Å². The van der Waals surface area contributed by atoms with Crippen LogP contribution in [0.25, 0.3) is 5.57 Å². The second-order valence-electron chi connectivity index (χ2n) is 7.38. The molecule has 0 bridgehead atoms. The first kappa shape index (κ1) is 16.3. The van der Waals surface area contributed by atoms with E-state index in [1.807, 2.05) is 24.4 Å². The number of nitrogens with zero attached hydrogens (tertiary/aromatic N) is 1. The third kappa shape index (κ3) is 3.16. The summed E-state index contributed by atoms with van der Waals surface area (Å²) in [4.78, 5) is 2.40. The van der Waals surface area contributed by atoms with Gasteiger partial charge in [0, 0.05) is 40.5 Å². The minimum atomic E-state index is 0.292. The molecular weight excluding hydrogens is 338 g/mol. The molecule has 138 valence electrons. The van der Waals surface area contributed by atoms with E-state index in [4.69, 9.17) is 9.47 Å². The van der Waals surface area contributed by atoms with E-state index in [-0.39, 0.29) is 0 Å². The third-order valence-electron chi connectivity index (χ3n) is 5.55. The summed E-state index contributed by atoms with van der Waals surface area (Å²) in [6.45, 7) is 2.60. The largest absolute Gasteiger partial charge is 0.454 e. The van der Waals surface area contributed by atoms with Crippen LogP contribution in [0.2, 0.25) is 0 Å². The molecule has 5 nitrogen and oxygen atoms in total. The Morgan fingerprint density at radius 3 is 2.70 bits per heavy atom. The number of nitrogens with one attached hydrogen (secondary N) is 2. The monoisotopic (exact) mass is 361 g/mol. The lowest BCUT2D eigenvalue weighted by molar-refractivity contribution is 0.174. The molecule has 0 atom stereocenters. The molecule has 0 radical (unpaired) electrons. The van der Waals surface area contributed by atoms with Crippen LogP contribution in [-0.4, -0.2) is 31.8 Å². The number of fused-ring (bicyclic) bond motifs is 2. The third-order valence-corrected chi connectivity index (χ3v) is 5.55. The molecule has 2 aromatic rings. The number of likely N-dealkylation sites (tertiary alicyclic amines) is 1. The Hall–Kier alpha value is -2.88. The molecule has 3 heterocycles. The molecule has 5 rings (SSSR count). The highest BCUT2D eigenvalue weighted by Gasteiger charge is 2.24. The number of hydrogen-bond donors (Lipinski definition) is 2. The zero-order valence-corrected chi connectivity index (χ0v) is 15.4. The van der Waals surface area contributed by atoms with Gasteiger partial charge in [-0.3, -0.25) is 0 Å². The fourth-order valence-corrected chi connectivity index (χ4v) is 4.02. The first-order valence-electron chi connectivity index (χ1n) is 9.47. The van der Waals surface area contributed by atoms with Crippen molar-refractivity contribution in [3.8, 4) is 11.5 Å². The van der Waals surface area contributed by atoms with Crippen LogP contribution in [-0.2, 0) is 0 Å². The van der Waals surface area contributed by atoms with Gasteiger partial charge < -0.3 is 25.0 Å². The molecule has 0 amide bonds. The van der Waals surface area contributed by atoms with Crippen LogP contribution in [0.5, 0.6) is 11.5 Å². The Labute approximate surface area is 159 Å². The molecule has 2 N–H and O–H groups in total. The average Bonchev–Trinajstić information content (AvgIpc) is 3.16. The minimum absolute atomic E-state index is 0.292. The summed E-state index contributed by atoms with van der Waals surface area (Å²) in [6.07, 6.45) is 4.34. The van der Waals surface area contributed by atoms with Gasteiger partial charge in [-0.1, -0.05) is 5.73 Å². The van der Waals surface area contributed by atoms with Gasteiger partial charge in [0.05, 0.1) is 0 Å². The van der Waals surface area contributed by atoms with Crippen molar-refractivity contribution in [3.63, 3.8) is 0 Å². The SMILES string of the molecule is CN1CCC(C2=C=CNc3cc(Nc4ccc5c(c4)OCO5)ccc32)CC1.